The number of hydrogen-bond donors (Lipinski definition) is 1. The molecule has 1 N–H and O–H groups in total. The number of rotatable bonds is 2. The highest BCUT2D eigenvalue weighted by Gasteiger charge is 2.31. The third-order valence-corrected chi connectivity index (χ3v) is 4.65. The second-order valence-corrected chi connectivity index (χ2v) is 7.07. The minimum atomic E-state index is -4.45. The zero-order valence-corrected chi connectivity index (χ0v) is 13.6. The molecule has 0 atom stereocenters. The molecule has 1 heterocycles. The van der Waals surface area contributed by atoms with Crippen LogP contribution in [-0.4, -0.2) is 5.91 Å². The van der Waals surface area contributed by atoms with Crippen molar-refractivity contribution in [3.05, 3.63) is 49.0 Å². The van der Waals surface area contributed by atoms with Crippen LogP contribution < -0.4 is 5.32 Å². The summed E-state index contributed by atoms with van der Waals surface area (Å²) in [7, 11) is 0. The standard InChI is InChI=1S/C12H6Br2F3NOS/c13-7-2-1-6(12(15,16)17)5-8(7)18-11(19)9-3-4-10(14)20-9/h1-5H,(H,18,19). The summed E-state index contributed by atoms with van der Waals surface area (Å²) in [4.78, 5) is 12.3. The summed E-state index contributed by atoms with van der Waals surface area (Å²) in [5.41, 5.74) is -0.738. The number of amides is 1. The molecule has 1 aromatic carbocycles. The number of alkyl halides is 3. The van der Waals surface area contributed by atoms with Crippen LogP contribution in [0.2, 0.25) is 0 Å². The number of halogens is 5. The molecule has 0 fully saturated rings. The zero-order valence-electron chi connectivity index (χ0n) is 9.59. The number of thiophene rings is 1. The first-order chi connectivity index (χ1) is 9.27. The molecule has 1 aromatic heterocycles. The molecule has 0 unspecified atom stereocenters. The summed E-state index contributed by atoms with van der Waals surface area (Å²) >= 11 is 7.53. The van der Waals surface area contributed by atoms with Crippen molar-refractivity contribution in [3.8, 4) is 0 Å². The Bertz CT molecular complexity index is 654. The van der Waals surface area contributed by atoms with Gasteiger partial charge < -0.3 is 5.32 Å². The average Bonchev–Trinajstić information content (AvgIpc) is 2.77. The maximum atomic E-state index is 12.6. The van der Waals surface area contributed by atoms with Gasteiger partial charge in [-0.25, -0.2) is 0 Å². The van der Waals surface area contributed by atoms with Crippen molar-refractivity contribution in [2.75, 3.05) is 5.32 Å². The Morgan fingerprint density at radius 1 is 1.15 bits per heavy atom. The van der Waals surface area contributed by atoms with Gasteiger partial charge in [0.25, 0.3) is 5.91 Å². The van der Waals surface area contributed by atoms with Crippen molar-refractivity contribution in [2.24, 2.45) is 0 Å². The molecule has 2 rings (SSSR count). The SMILES string of the molecule is O=C(Nc1cc(C(F)(F)F)ccc1Br)c1ccc(Br)s1. The Morgan fingerprint density at radius 2 is 1.85 bits per heavy atom. The van der Waals surface area contributed by atoms with Gasteiger partial charge in [0.1, 0.15) is 0 Å². The van der Waals surface area contributed by atoms with E-state index in [1.807, 2.05) is 0 Å². The van der Waals surface area contributed by atoms with E-state index in [4.69, 9.17) is 0 Å². The van der Waals surface area contributed by atoms with Gasteiger partial charge in [-0.3, -0.25) is 4.79 Å². The second kappa shape index (κ2) is 5.87. The smallest absolute Gasteiger partial charge is 0.320 e. The maximum absolute atomic E-state index is 12.6. The molecule has 20 heavy (non-hydrogen) atoms. The van der Waals surface area contributed by atoms with Crippen molar-refractivity contribution >= 4 is 54.8 Å². The van der Waals surface area contributed by atoms with E-state index in [0.29, 0.717) is 9.35 Å². The van der Waals surface area contributed by atoms with Crippen LogP contribution in [0.15, 0.2) is 38.6 Å². The van der Waals surface area contributed by atoms with E-state index < -0.39 is 17.6 Å². The monoisotopic (exact) mass is 427 g/mol. The van der Waals surface area contributed by atoms with Crippen molar-refractivity contribution in [2.45, 2.75) is 6.18 Å². The predicted octanol–water partition coefficient (Wildman–Crippen LogP) is 5.54. The second-order valence-electron chi connectivity index (χ2n) is 3.75. The first-order valence-electron chi connectivity index (χ1n) is 5.21. The first kappa shape index (κ1) is 15.5. The highest BCUT2D eigenvalue weighted by atomic mass is 79.9. The first-order valence-corrected chi connectivity index (χ1v) is 7.61. The number of benzene rings is 1. The van der Waals surface area contributed by atoms with E-state index in [-0.39, 0.29) is 5.69 Å². The van der Waals surface area contributed by atoms with Crippen molar-refractivity contribution in [1.29, 1.82) is 0 Å². The molecule has 0 spiro atoms. The lowest BCUT2D eigenvalue weighted by molar-refractivity contribution is -0.137. The zero-order chi connectivity index (χ0) is 14.9. The third-order valence-electron chi connectivity index (χ3n) is 2.34. The number of carbonyl (C=O) groups excluding carboxylic acids is 1. The summed E-state index contributed by atoms with van der Waals surface area (Å²) in [6.07, 6.45) is -4.45. The van der Waals surface area contributed by atoms with Crippen LogP contribution in [0, 0.1) is 0 Å². The maximum Gasteiger partial charge on any atom is 0.416 e. The van der Waals surface area contributed by atoms with Crippen molar-refractivity contribution in [3.63, 3.8) is 0 Å². The van der Waals surface area contributed by atoms with Gasteiger partial charge in [0.05, 0.1) is 19.9 Å². The number of carbonyl (C=O) groups is 1. The lowest BCUT2D eigenvalue weighted by Crippen LogP contribution is -2.12. The van der Waals surface area contributed by atoms with Gasteiger partial charge in [-0.2, -0.15) is 13.2 Å². The Hall–Kier alpha value is -0.860. The van der Waals surface area contributed by atoms with Crippen LogP contribution in [-0.2, 0) is 6.18 Å². The fourth-order valence-corrected chi connectivity index (χ4v) is 3.04. The lowest BCUT2D eigenvalue weighted by Gasteiger charge is -2.11. The predicted molar refractivity (Wildman–Crippen MR) is 79.1 cm³/mol. The minimum Gasteiger partial charge on any atom is -0.320 e. The van der Waals surface area contributed by atoms with Crippen molar-refractivity contribution < 1.29 is 18.0 Å². The van der Waals surface area contributed by atoms with Gasteiger partial charge in [-0.1, -0.05) is 0 Å². The van der Waals surface area contributed by atoms with Crippen LogP contribution in [0.5, 0.6) is 0 Å². The van der Waals surface area contributed by atoms with E-state index >= 15 is 0 Å². The number of anilines is 1. The fraction of sp³-hybridized carbons (Fsp3) is 0.0833. The highest BCUT2D eigenvalue weighted by molar-refractivity contribution is 9.11. The Morgan fingerprint density at radius 3 is 2.40 bits per heavy atom. The van der Waals surface area contributed by atoms with E-state index in [9.17, 15) is 18.0 Å². The summed E-state index contributed by atoms with van der Waals surface area (Å²) in [6.45, 7) is 0. The normalized spacial score (nSPS) is 11.4. The largest absolute Gasteiger partial charge is 0.416 e. The molecule has 0 saturated carbocycles. The van der Waals surface area contributed by atoms with Crippen LogP contribution >= 0.6 is 43.2 Å². The van der Waals surface area contributed by atoms with Crippen LogP contribution in [0.1, 0.15) is 15.2 Å². The molecule has 1 amide bonds. The van der Waals surface area contributed by atoms with Crippen LogP contribution in [0.3, 0.4) is 0 Å². The van der Waals surface area contributed by atoms with Crippen LogP contribution in [0.25, 0.3) is 0 Å². The average molecular weight is 429 g/mol. The summed E-state index contributed by atoms with van der Waals surface area (Å²) in [5.74, 6) is -0.458. The molecule has 8 heteroatoms. The summed E-state index contributed by atoms with van der Waals surface area (Å²) in [5, 5.41) is 2.46. The summed E-state index contributed by atoms with van der Waals surface area (Å²) in [6, 6.07) is 6.38. The molecular formula is C12H6Br2F3NOS. The Labute approximate surface area is 133 Å². The molecule has 0 aliphatic carbocycles. The van der Waals surface area contributed by atoms with Gasteiger partial charge in [-0.15, -0.1) is 11.3 Å². The van der Waals surface area contributed by atoms with E-state index in [2.05, 4.69) is 37.2 Å². The van der Waals surface area contributed by atoms with Gasteiger partial charge in [-0.05, 0) is 62.2 Å². The van der Waals surface area contributed by atoms with Crippen molar-refractivity contribution in [1.82, 2.24) is 0 Å². The van der Waals surface area contributed by atoms with E-state index in [1.54, 1.807) is 12.1 Å². The molecule has 0 saturated heterocycles. The highest BCUT2D eigenvalue weighted by Crippen LogP contribution is 2.34. The summed E-state index contributed by atoms with van der Waals surface area (Å²) < 4.78 is 39.0. The minimum absolute atomic E-state index is 0.0781. The molecule has 0 bridgehead atoms. The molecule has 2 nitrogen and oxygen atoms in total. The molecule has 0 radical (unpaired) electrons. The van der Waals surface area contributed by atoms with Gasteiger partial charge in [0, 0.05) is 4.47 Å². The molecule has 0 aliphatic heterocycles. The Balaban J connectivity index is 2.27. The number of nitrogens with one attached hydrogen (secondary N) is 1. The molecule has 2 aromatic rings. The van der Waals surface area contributed by atoms with Gasteiger partial charge >= 0.3 is 6.18 Å². The van der Waals surface area contributed by atoms with Gasteiger partial charge in [0.15, 0.2) is 0 Å². The molecule has 106 valence electrons. The molecular weight excluding hydrogens is 423 g/mol. The van der Waals surface area contributed by atoms with Gasteiger partial charge in [0.2, 0.25) is 0 Å². The van der Waals surface area contributed by atoms with E-state index in [1.165, 1.54) is 17.4 Å². The lowest BCUT2D eigenvalue weighted by atomic mass is 10.2. The third kappa shape index (κ3) is 3.62. The fourth-order valence-electron chi connectivity index (χ4n) is 1.42. The number of hydrogen-bond acceptors (Lipinski definition) is 2. The van der Waals surface area contributed by atoms with E-state index in [0.717, 1.165) is 15.9 Å². The Kier molecular flexibility index (Phi) is 4.55. The van der Waals surface area contributed by atoms with Crippen LogP contribution in [0.4, 0.5) is 18.9 Å². The topological polar surface area (TPSA) is 29.1 Å². The molecule has 0 aliphatic rings. The quantitative estimate of drug-likeness (QED) is 0.668.